The Hall–Kier alpha value is -3.64. The molecule has 2 amide bonds. The van der Waals surface area contributed by atoms with E-state index in [2.05, 4.69) is 34.3 Å². The van der Waals surface area contributed by atoms with Crippen LogP contribution < -0.4 is 20.3 Å². The molecule has 12 heteroatoms. The number of hydrogen-bond donors (Lipinski definition) is 2. The molecule has 0 radical (unpaired) electrons. The van der Waals surface area contributed by atoms with Gasteiger partial charge in [0.1, 0.15) is 11.6 Å². The number of anilines is 2. The summed E-state index contributed by atoms with van der Waals surface area (Å²) in [5, 5.41) is 5.13. The lowest BCUT2D eigenvalue weighted by atomic mass is 9.84. The van der Waals surface area contributed by atoms with Gasteiger partial charge in [0.05, 0.1) is 30.3 Å². The van der Waals surface area contributed by atoms with Gasteiger partial charge in [-0.05, 0) is 62.7 Å². The summed E-state index contributed by atoms with van der Waals surface area (Å²) in [4.78, 5) is 31.7. The van der Waals surface area contributed by atoms with Crippen LogP contribution >= 0.6 is 0 Å². The molecule has 2 unspecified atom stereocenters. The number of carbonyl (C=O) groups excluding carboxylic acids is 2. The third-order valence-electron chi connectivity index (χ3n) is 9.42. The molecule has 4 atom stereocenters. The number of nitrogens with zero attached hydrogens (tertiary/aromatic N) is 3. The summed E-state index contributed by atoms with van der Waals surface area (Å²) in [5.74, 6) is -4.86. The van der Waals surface area contributed by atoms with Gasteiger partial charge in [-0.1, -0.05) is 18.2 Å². The minimum Gasteiger partial charge on any atom is -0.497 e. The van der Waals surface area contributed by atoms with E-state index in [0.717, 1.165) is 16.9 Å². The van der Waals surface area contributed by atoms with Crippen molar-refractivity contribution < 1.29 is 31.9 Å². The summed E-state index contributed by atoms with van der Waals surface area (Å²) >= 11 is 0. The number of hydrogen-bond acceptors (Lipinski definition) is 6. The number of piperidine rings is 1. The SMILES string of the molecule is COc1ccc(CN2CC=C(c3cc(NC(=O)C4CNC(=O)CC4C(F)(F)F)c(N4C[C@@H](C)N(C)[C@@H](C)C4)cc3F)CC2)cc1. The summed E-state index contributed by atoms with van der Waals surface area (Å²) in [6.07, 6.45) is -3.00. The molecule has 3 aliphatic heterocycles. The molecule has 45 heavy (non-hydrogen) atoms. The fourth-order valence-electron chi connectivity index (χ4n) is 6.49. The van der Waals surface area contributed by atoms with Gasteiger partial charge in [0, 0.05) is 63.3 Å². The van der Waals surface area contributed by atoms with Gasteiger partial charge in [-0.25, -0.2) is 4.39 Å². The maximum absolute atomic E-state index is 15.9. The second kappa shape index (κ2) is 13.4. The van der Waals surface area contributed by atoms with Gasteiger partial charge in [-0.3, -0.25) is 19.4 Å². The normalized spacial score (nSPS) is 25.0. The van der Waals surface area contributed by atoms with Crippen LogP contribution in [0.4, 0.5) is 28.9 Å². The number of alkyl halides is 3. The Morgan fingerprint density at radius 1 is 1.11 bits per heavy atom. The highest BCUT2D eigenvalue weighted by molar-refractivity contribution is 5.98. The monoisotopic (exact) mass is 631 g/mol. The number of benzene rings is 2. The number of carbonyl (C=O) groups is 2. The molecule has 2 N–H and O–H groups in total. The molecule has 0 bridgehead atoms. The van der Waals surface area contributed by atoms with Crippen molar-refractivity contribution in [2.24, 2.45) is 11.8 Å². The van der Waals surface area contributed by atoms with Crippen molar-refractivity contribution in [3.63, 3.8) is 0 Å². The lowest BCUT2D eigenvalue weighted by Gasteiger charge is -2.44. The average Bonchev–Trinajstić information content (AvgIpc) is 3.00. The van der Waals surface area contributed by atoms with Crippen LogP contribution in [-0.2, 0) is 16.1 Å². The Kier molecular flexibility index (Phi) is 9.74. The molecule has 8 nitrogen and oxygen atoms in total. The number of rotatable bonds is 7. The van der Waals surface area contributed by atoms with Crippen LogP contribution in [0.5, 0.6) is 5.75 Å². The van der Waals surface area contributed by atoms with Gasteiger partial charge < -0.3 is 20.3 Å². The standard InChI is InChI=1S/C33H41F4N5O3/c1-20-17-42(18-21(2)40(20)3)30-15-28(34)25(23-9-11-41(12-10-23)19-22-5-7-24(45-4)8-6-22)13-29(30)39-32(44)26-16-38-31(43)14-27(26)33(35,36)37/h5-9,13,15,20-21,26-27H,10-12,14,16-19H2,1-4H3,(H,38,43)(H,39,44)/t20-,21+,26?,27?. The molecule has 2 aromatic carbocycles. The molecule has 5 rings (SSSR count). The van der Waals surface area contributed by atoms with Crippen molar-refractivity contribution in [3.05, 3.63) is 59.4 Å². The topological polar surface area (TPSA) is 77.1 Å². The van der Waals surface area contributed by atoms with E-state index in [4.69, 9.17) is 4.74 Å². The molecule has 2 aromatic rings. The van der Waals surface area contributed by atoms with Crippen LogP contribution in [0.1, 0.15) is 37.8 Å². The minimum absolute atomic E-state index is 0.126. The van der Waals surface area contributed by atoms with Crippen molar-refractivity contribution in [1.29, 1.82) is 0 Å². The van der Waals surface area contributed by atoms with Gasteiger partial charge in [0.2, 0.25) is 11.8 Å². The van der Waals surface area contributed by atoms with E-state index < -0.39 is 48.6 Å². The second-order valence-corrected chi connectivity index (χ2v) is 12.4. The molecular formula is C33H41F4N5O3. The maximum atomic E-state index is 15.9. The van der Waals surface area contributed by atoms with Gasteiger partial charge in [0.25, 0.3) is 0 Å². The summed E-state index contributed by atoms with van der Waals surface area (Å²) in [6, 6.07) is 11.0. The summed E-state index contributed by atoms with van der Waals surface area (Å²) in [5.41, 5.74) is 2.91. The Morgan fingerprint density at radius 3 is 2.40 bits per heavy atom. The molecule has 2 fully saturated rings. The Labute approximate surface area is 261 Å². The van der Waals surface area contributed by atoms with Crippen molar-refractivity contribution >= 4 is 28.8 Å². The molecule has 0 aromatic heterocycles. The summed E-state index contributed by atoms with van der Waals surface area (Å²) in [7, 11) is 3.64. The van der Waals surface area contributed by atoms with Gasteiger partial charge in [0.15, 0.2) is 0 Å². The Morgan fingerprint density at radius 2 is 1.80 bits per heavy atom. The highest BCUT2D eigenvalue weighted by atomic mass is 19.4. The van der Waals surface area contributed by atoms with Crippen LogP contribution in [0.3, 0.4) is 0 Å². The lowest BCUT2D eigenvalue weighted by Crippen LogP contribution is -2.55. The molecule has 0 spiro atoms. The first-order valence-electron chi connectivity index (χ1n) is 15.3. The van der Waals surface area contributed by atoms with E-state index >= 15 is 4.39 Å². The maximum Gasteiger partial charge on any atom is 0.393 e. The zero-order chi connectivity index (χ0) is 32.5. The van der Waals surface area contributed by atoms with E-state index in [1.807, 2.05) is 42.3 Å². The van der Waals surface area contributed by atoms with E-state index in [0.29, 0.717) is 50.4 Å². The number of nitrogens with one attached hydrogen (secondary N) is 2. The number of amides is 2. The number of methoxy groups -OCH3 is 1. The molecular weight excluding hydrogens is 590 g/mol. The molecule has 0 aliphatic carbocycles. The lowest BCUT2D eigenvalue weighted by molar-refractivity contribution is -0.197. The first-order valence-corrected chi connectivity index (χ1v) is 15.3. The molecule has 2 saturated heterocycles. The Bertz CT molecular complexity index is 1420. The second-order valence-electron chi connectivity index (χ2n) is 12.4. The molecule has 0 saturated carbocycles. The number of likely N-dealkylation sites (N-methyl/N-ethyl adjacent to an activating group) is 1. The molecule has 3 aliphatic rings. The zero-order valence-corrected chi connectivity index (χ0v) is 26.1. The van der Waals surface area contributed by atoms with Crippen molar-refractivity contribution in [2.45, 2.75) is 51.5 Å². The van der Waals surface area contributed by atoms with Gasteiger partial charge in [-0.15, -0.1) is 0 Å². The first-order chi connectivity index (χ1) is 21.3. The number of halogens is 4. The number of ether oxygens (including phenoxy) is 1. The fraction of sp³-hybridized carbons (Fsp3) is 0.515. The van der Waals surface area contributed by atoms with Crippen molar-refractivity contribution in [2.75, 3.05) is 57.1 Å². The van der Waals surface area contributed by atoms with E-state index in [1.54, 1.807) is 13.2 Å². The molecule has 3 heterocycles. The van der Waals surface area contributed by atoms with Gasteiger partial charge >= 0.3 is 6.18 Å². The quantitative estimate of drug-likeness (QED) is 0.424. The average molecular weight is 632 g/mol. The van der Waals surface area contributed by atoms with Crippen LogP contribution in [-0.4, -0.2) is 86.8 Å². The Balaban J connectivity index is 1.42. The van der Waals surface area contributed by atoms with Crippen LogP contribution in [0.25, 0.3) is 5.57 Å². The summed E-state index contributed by atoms with van der Waals surface area (Å²) < 4.78 is 62.8. The predicted octanol–water partition coefficient (Wildman–Crippen LogP) is 4.91. The first kappa shape index (κ1) is 32.7. The smallest absolute Gasteiger partial charge is 0.393 e. The predicted molar refractivity (Wildman–Crippen MR) is 165 cm³/mol. The van der Waals surface area contributed by atoms with E-state index in [1.165, 1.54) is 6.07 Å². The van der Waals surface area contributed by atoms with E-state index in [-0.39, 0.29) is 17.8 Å². The van der Waals surface area contributed by atoms with E-state index in [9.17, 15) is 22.8 Å². The summed E-state index contributed by atoms with van der Waals surface area (Å²) in [6.45, 7) is 6.77. The third-order valence-corrected chi connectivity index (χ3v) is 9.42. The van der Waals surface area contributed by atoms with Crippen LogP contribution in [0.15, 0.2) is 42.5 Å². The fourth-order valence-corrected chi connectivity index (χ4v) is 6.49. The van der Waals surface area contributed by atoms with Crippen LogP contribution in [0, 0.1) is 17.7 Å². The highest BCUT2D eigenvalue weighted by Crippen LogP contribution is 2.39. The molecule has 244 valence electrons. The highest BCUT2D eigenvalue weighted by Gasteiger charge is 2.50. The van der Waals surface area contributed by atoms with Crippen molar-refractivity contribution in [1.82, 2.24) is 15.1 Å². The van der Waals surface area contributed by atoms with Crippen molar-refractivity contribution in [3.8, 4) is 5.75 Å². The third kappa shape index (κ3) is 7.44. The minimum atomic E-state index is -4.72. The zero-order valence-electron chi connectivity index (χ0n) is 26.1. The van der Waals surface area contributed by atoms with Crippen LogP contribution in [0.2, 0.25) is 0 Å². The number of piperazine rings is 1. The largest absolute Gasteiger partial charge is 0.497 e. The van der Waals surface area contributed by atoms with Gasteiger partial charge in [-0.2, -0.15) is 13.2 Å².